The molecule has 1 aliphatic carbocycles. The molecule has 12 nitrogen and oxygen atoms in total. The number of ether oxygens (including phenoxy) is 6. The Kier molecular flexibility index (Phi) is 9.08. The van der Waals surface area contributed by atoms with E-state index in [-0.39, 0.29) is 12.4 Å². The number of hydrogen-bond donors (Lipinski definition) is 0. The van der Waals surface area contributed by atoms with E-state index in [0.29, 0.717) is 17.6 Å². The van der Waals surface area contributed by atoms with Gasteiger partial charge in [0.05, 0.1) is 0 Å². The molecule has 2 heterocycles. The van der Waals surface area contributed by atoms with Gasteiger partial charge in [0.2, 0.25) is 12.4 Å². The average Bonchev–Trinajstić information content (AvgIpc) is 3.12. The minimum absolute atomic E-state index is 0.199. The molecular formula is C28H32O12. The number of benzene rings is 1. The monoisotopic (exact) mass is 560 g/mol. The predicted octanol–water partition coefficient (Wildman–Crippen LogP) is 2.52. The van der Waals surface area contributed by atoms with Crippen LogP contribution in [0.1, 0.15) is 58.1 Å². The number of carbonyl (C=O) groups excluding carboxylic acids is 4. The van der Waals surface area contributed by atoms with Crippen molar-refractivity contribution >= 4 is 34.8 Å². The van der Waals surface area contributed by atoms with Gasteiger partial charge in [-0.2, -0.15) is 0 Å². The SMILES string of the molecule is CC(=O)OCC1OC(Oc2ccc3c4c(c(=O)oc3c2)CCCCC4)C(OC(C)=O)C(OC(C)=O)C1OC(C)=O. The summed E-state index contributed by atoms with van der Waals surface area (Å²) in [6.07, 6.45) is -2.24. The summed E-state index contributed by atoms with van der Waals surface area (Å²) in [5.74, 6) is -2.66. The molecule has 1 saturated heterocycles. The standard InChI is InChI=1S/C28H32O12/c1-14(29)34-13-23-24(35-15(2)30)25(36-16(3)31)26(37-17(4)32)28(40-23)38-18-10-11-20-19-8-6-5-7-9-21(19)27(33)39-22(20)12-18/h10-12,23-26,28H,5-9,13H2,1-4H3. The van der Waals surface area contributed by atoms with Crippen LogP contribution in [0.4, 0.5) is 0 Å². The largest absolute Gasteiger partial charge is 0.463 e. The fourth-order valence-electron chi connectivity index (χ4n) is 5.09. The highest BCUT2D eigenvalue weighted by atomic mass is 16.7. The van der Waals surface area contributed by atoms with Crippen LogP contribution in [0.25, 0.3) is 11.0 Å². The molecular weight excluding hydrogens is 528 g/mol. The van der Waals surface area contributed by atoms with Crippen LogP contribution in [-0.4, -0.2) is 61.2 Å². The summed E-state index contributed by atoms with van der Waals surface area (Å²) in [6, 6.07) is 4.96. The smallest absolute Gasteiger partial charge is 0.339 e. The van der Waals surface area contributed by atoms with E-state index < -0.39 is 60.2 Å². The van der Waals surface area contributed by atoms with Gasteiger partial charge in [0, 0.05) is 44.7 Å². The fourth-order valence-corrected chi connectivity index (χ4v) is 5.09. The van der Waals surface area contributed by atoms with E-state index in [0.717, 1.165) is 57.4 Å². The summed E-state index contributed by atoms with van der Waals surface area (Å²) in [4.78, 5) is 60.2. The first-order valence-corrected chi connectivity index (χ1v) is 13.1. The maximum absolute atomic E-state index is 12.7. The maximum Gasteiger partial charge on any atom is 0.339 e. The molecule has 1 aliphatic heterocycles. The van der Waals surface area contributed by atoms with Crippen LogP contribution in [0.2, 0.25) is 0 Å². The van der Waals surface area contributed by atoms with Gasteiger partial charge in [-0.15, -0.1) is 0 Å². The third-order valence-corrected chi connectivity index (χ3v) is 6.65. The van der Waals surface area contributed by atoms with E-state index >= 15 is 0 Å². The van der Waals surface area contributed by atoms with Crippen molar-refractivity contribution in [3.8, 4) is 5.75 Å². The number of hydrogen-bond acceptors (Lipinski definition) is 12. The van der Waals surface area contributed by atoms with Gasteiger partial charge in [-0.3, -0.25) is 19.2 Å². The minimum atomic E-state index is -1.40. The Morgan fingerprint density at radius 3 is 2.08 bits per heavy atom. The Morgan fingerprint density at radius 1 is 0.800 bits per heavy atom. The molecule has 4 rings (SSSR count). The van der Waals surface area contributed by atoms with Crippen LogP contribution in [0, 0.1) is 0 Å². The average molecular weight is 561 g/mol. The minimum Gasteiger partial charge on any atom is -0.463 e. The predicted molar refractivity (Wildman–Crippen MR) is 136 cm³/mol. The van der Waals surface area contributed by atoms with Crippen molar-refractivity contribution in [2.75, 3.05) is 6.61 Å². The van der Waals surface area contributed by atoms with Crippen molar-refractivity contribution in [3.63, 3.8) is 0 Å². The lowest BCUT2D eigenvalue weighted by Crippen LogP contribution is -2.63. The van der Waals surface area contributed by atoms with Gasteiger partial charge in [-0.25, -0.2) is 4.79 Å². The lowest BCUT2D eigenvalue weighted by atomic mass is 9.98. The highest BCUT2D eigenvalue weighted by molar-refractivity contribution is 5.82. The summed E-state index contributed by atoms with van der Waals surface area (Å²) >= 11 is 0. The molecule has 1 fully saturated rings. The van der Waals surface area contributed by atoms with E-state index in [2.05, 4.69) is 0 Å². The first-order chi connectivity index (χ1) is 19.0. The van der Waals surface area contributed by atoms with E-state index in [1.165, 1.54) is 13.0 Å². The van der Waals surface area contributed by atoms with Crippen molar-refractivity contribution in [2.45, 2.75) is 90.5 Å². The number of aryl methyl sites for hydroxylation is 1. The van der Waals surface area contributed by atoms with Gasteiger partial charge in [0.1, 0.15) is 24.0 Å². The summed E-state index contributed by atoms with van der Waals surface area (Å²) in [5.41, 5.74) is 1.57. The topological polar surface area (TPSA) is 154 Å². The second kappa shape index (κ2) is 12.5. The van der Waals surface area contributed by atoms with Gasteiger partial charge in [0.25, 0.3) is 0 Å². The van der Waals surface area contributed by atoms with E-state index in [1.807, 2.05) is 0 Å². The second-order valence-electron chi connectivity index (χ2n) is 9.75. The summed E-state index contributed by atoms with van der Waals surface area (Å²) < 4.78 is 39.0. The number of carbonyl (C=O) groups is 4. The van der Waals surface area contributed by atoms with Gasteiger partial charge < -0.3 is 32.8 Å². The Bertz CT molecular complexity index is 1340. The Labute approximate surface area is 229 Å². The Hall–Kier alpha value is -3.93. The molecule has 0 spiro atoms. The van der Waals surface area contributed by atoms with Crippen LogP contribution in [-0.2, 0) is 55.7 Å². The fraction of sp³-hybridized carbons (Fsp3) is 0.536. The maximum atomic E-state index is 12.7. The normalized spacial score (nSPS) is 24.2. The molecule has 0 amide bonds. The summed E-state index contributed by atoms with van der Waals surface area (Å²) in [6.45, 7) is 4.23. The first kappa shape index (κ1) is 29.1. The molecule has 0 radical (unpaired) electrons. The number of fused-ring (bicyclic) bond motifs is 3. The lowest BCUT2D eigenvalue weighted by Gasteiger charge is -2.43. The highest BCUT2D eigenvalue weighted by Gasteiger charge is 2.53. The van der Waals surface area contributed by atoms with Crippen LogP contribution in [0.15, 0.2) is 27.4 Å². The zero-order chi connectivity index (χ0) is 29.0. The third-order valence-electron chi connectivity index (χ3n) is 6.65. The van der Waals surface area contributed by atoms with E-state index in [1.54, 1.807) is 12.1 Å². The van der Waals surface area contributed by atoms with Gasteiger partial charge >= 0.3 is 29.5 Å². The molecule has 0 bridgehead atoms. The zero-order valence-electron chi connectivity index (χ0n) is 22.8. The number of rotatable bonds is 7. The molecule has 12 heteroatoms. The van der Waals surface area contributed by atoms with Crippen molar-refractivity contribution < 1.29 is 52.0 Å². The molecule has 5 atom stereocenters. The van der Waals surface area contributed by atoms with Crippen LogP contribution >= 0.6 is 0 Å². The number of esters is 4. The van der Waals surface area contributed by atoms with Crippen molar-refractivity contribution in [1.29, 1.82) is 0 Å². The second-order valence-corrected chi connectivity index (χ2v) is 9.75. The molecule has 1 aromatic carbocycles. The molecule has 40 heavy (non-hydrogen) atoms. The van der Waals surface area contributed by atoms with Crippen molar-refractivity contribution in [2.24, 2.45) is 0 Å². The molecule has 2 aromatic rings. The van der Waals surface area contributed by atoms with Gasteiger partial charge in [0.15, 0.2) is 12.2 Å². The highest BCUT2D eigenvalue weighted by Crippen LogP contribution is 2.33. The molecule has 2 aliphatic rings. The molecule has 1 aromatic heterocycles. The Balaban J connectivity index is 1.72. The van der Waals surface area contributed by atoms with Crippen LogP contribution in [0.3, 0.4) is 0 Å². The Morgan fingerprint density at radius 2 is 1.43 bits per heavy atom. The molecule has 0 N–H and O–H groups in total. The first-order valence-electron chi connectivity index (χ1n) is 13.1. The van der Waals surface area contributed by atoms with Crippen LogP contribution in [0.5, 0.6) is 5.75 Å². The van der Waals surface area contributed by atoms with Gasteiger partial charge in [-0.1, -0.05) is 6.42 Å². The molecule has 216 valence electrons. The summed E-state index contributed by atoms with van der Waals surface area (Å²) in [5, 5.41) is 0.797. The van der Waals surface area contributed by atoms with Gasteiger partial charge in [-0.05, 0) is 43.4 Å². The molecule has 0 saturated carbocycles. The quantitative estimate of drug-likeness (QED) is 0.212. The van der Waals surface area contributed by atoms with Crippen LogP contribution < -0.4 is 10.4 Å². The van der Waals surface area contributed by atoms with Crippen molar-refractivity contribution in [3.05, 3.63) is 39.7 Å². The van der Waals surface area contributed by atoms with E-state index in [9.17, 15) is 24.0 Å². The molecule has 5 unspecified atom stereocenters. The lowest BCUT2D eigenvalue weighted by molar-refractivity contribution is -0.288. The third kappa shape index (κ3) is 6.79. The zero-order valence-corrected chi connectivity index (χ0v) is 22.8. The summed E-state index contributed by atoms with van der Waals surface area (Å²) in [7, 11) is 0. The van der Waals surface area contributed by atoms with E-state index in [4.69, 9.17) is 32.8 Å². The van der Waals surface area contributed by atoms with Crippen molar-refractivity contribution in [1.82, 2.24) is 0 Å².